The van der Waals surface area contributed by atoms with Gasteiger partial charge >= 0.3 is 0 Å². The average molecular weight is 387 g/mol. The van der Waals surface area contributed by atoms with Crippen LogP contribution < -0.4 is 4.90 Å². The van der Waals surface area contributed by atoms with Crippen molar-refractivity contribution in [3.63, 3.8) is 0 Å². The van der Waals surface area contributed by atoms with Gasteiger partial charge in [0.05, 0.1) is 35.4 Å². The van der Waals surface area contributed by atoms with E-state index in [0.29, 0.717) is 5.82 Å². The zero-order valence-electron chi connectivity index (χ0n) is 16.5. The molecule has 0 bridgehead atoms. The first kappa shape index (κ1) is 17.5. The van der Waals surface area contributed by atoms with Crippen LogP contribution in [-0.4, -0.2) is 46.0 Å². The van der Waals surface area contributed by atoms with E-state index < -0.39 is 0 Å². The number of aromatic nitrogens is 8. The fraction of sp³-hybridized carbons (Fsp3) is 0.300. The highest BCUT2D eigenvalue weighted by atomic mass is 15.4. The summed E-state index contributed by atoms with van der Waals surface area (Å²) in [6.07, 6.45) is 7.97. The number of nitrogens with zero attached hydrogens (tertiary/aromatic N) is 8. The third-order valence-electron chi connectivity index (χ3n) is 5.21. The lowest BCUT2D eigenvalue weighted by Gasteiger charge is -2.39. The van der Waals surface area contributed by atoms with Crippen LogP contribution in [0.3, 0.4) is 0 Å². The molecule has 5 rings (SSSR count). The van der Waals surface area contributed by atoms with Gasteiger partial charge in [-0.05, 0) is 32.4 Å². The molecule has 1 aliphatic rings. The fourth-order valence-electron chi connectivity index (χ4n) is 3.93. The van der Waals surface area contributed by atoms with E-state index in [1.54, 1.807) is 18.7 Å². The van der Waals surface area contributed by atoms with Crippen molar-refractivity contribution in [1.29, 1.82) is 0 Å². The third-order valence-corrected chi connectivity index (χ3v) is 5.21. The van der Waals surface area contributed by atoms with Gasteiger partial charge in [0.15, 0.2) is 17.5 Å². The molecule has 4 aromatic rings. The SMILES string of the molecule is CCC1c2nncn2-c2cnc(-c3cn[nH]c3-c3ccccn3)nc2N1C(C)C. The lowest BCUT2D eigenvalue weighted by Crippen LogP contribution is -2.40. The van der Waals surface area contributed by atoms with Gasteiger partial charge in [-0.25, -0.2) is 9.97 Å². The van der Waals surface area contributed by atoms with Gasteiger partial charge in [0.25, 0.3) is 0 Å². The van der Waals surface area contributed by atoms with E-state index in [1.807, 2.05) is 29.0 Å². The summed E-state index contributed by atoms with van der Waals surface area (Å²) >= 11 is 0. The number of rotatable bonds is 4. The molecule has 1 aliphatic heterocycles. The molecule has 0 aromatic carbocycles. The summed E-state index contributed by atoms with van der Waals surface area (Å²) in [5.41, 5.74) is 3.30. The van der Waals surface area contributed by atoms with Crippen LogP contribution in [0, 0.1) is 0 Å². The van der Waals surface area contributed by atoms with Gasteiger partial charge in [0.1, 0.15) is 12.0 Å². The maximum Gasteiger partial charge on any atom is 0.165 e. The zero-order chi connectivity index (χ0) is 20.0. The van der Waals surface area contributed by atoms with E-state index in [-0.39, 0.29) is 12.1 Å². The summed E-state index contributed by atoms with van der Waals surface area (Å²) in [5.74, 6) is 2.40. The van der Waals surface area contributed by atoms with Crippen LogP contribution in [0.15, 0.2) is 43.1 Å². The van der Waals surface area contributed by atoms with E-state index in [2.05, 4.69) is 56.0 Å². The molecule has 0 radical (unpaired) electrons. The molecule has 29 heavy (non-hydrogen) atoms. The molecular weight excluding hydrogens is 366 g/mol. The van der Waals surface area contributed by atoms with E-state index in [4.69, 9.17) is 4.98 Å². The summed E-state index contributed by atoms with van der Waals surface area (Å²) in [5, 5.41) is 15.7. The van der Waals surface area contributed by atoms with Crippen LogP contribution in [0.2, 0.25) is 0 Å². The summed E-state index contributed by atoms with van der Waals surface area (Å²) in [7, 11) is 0. The molecule has 0 aliphatic carbocycles. The second kappa shape index (κ2) is 6.77. The summed E-state index contributed by atoms with van der Waals surface area (Å²) in [6.45, 7) is 6.48. The van der Waals surface area contributed by atoms with E-state index in [9.17, 15) is 0 Å². The van der Waals surface area contributed by atoms with Gasteiger partial charge < -0.3 is 4.90 Å². The van der Waals surface area contributed by atoms with Crippen molar-refractivity contribution >= 4 is 5.82 Å². The molecular formula is C20H21N9. The molecule has 9 heteroatoms. The maximum absolute atomic E-state index is 4.97. The number of anilines is 1. The highest BCUT2D eigenvalue weighted by Crippen LogP contribution is 2.40. The van der Waals surface area contributed by atoms with Crippen molar-refractivity contribution in [2.75, 3.05) is 4.90 Å². The van der Waals surface area contributed by atoms with Crippen LogP contribution in [-0.2, 0) is 0 Å². The van der Waals surface area contributed by atoms with Gasteiger partial charge in [-0.15, -0.1) is 10.2 Å². The van der Waals surface area contributed by atoms with Crippen LogP contribution in [0.25, 0.3) is 28.5 Å². The van der Waals surface area contributed by atoms with Gasteiger partial charge in [0, 0.05) is 12.2 Å². The quantitative estimate of drug-likeness (QED) is 0.574. The molecule has 0 amide bonds. The van der Waals surface area contributed by atoms with Crippen LogP contribution in [0.4, 0.5) is 5.82 Å². The van der Waals surface area contributed by atoms with Gasteiger partial charge in [-0.2, -0.15) is 5.10 Å². The Balaban J connectivity index is 1.68. The molecule has 0 fully saturated rings. The largest absolute Gasteiger partial charge is 0.342 e. The molecule has 0 saturated heterocycles. The highest BCUT2D eigenvalue weighted by Gasteiger charge is 2.35. The van der Waals surface area contributed by atoms with Crippen molar-refractivity contribution in [3.8, 4) is 28.5 Å². The summed E-state index contributed by atoms with van der Waals surface area (Å²) < 4.78 is 1.99. The van der Waals surface area contributed by atoms with Crippen molar-refractivity contribution < 1.29 is 0 Å². The van der Waals surface area contributed by atoms with E-state index in [1.165, 1.54) is 0 Å². The van der Waals surface area contributed by atoms with Crippen LogP contribution >= 0.6 is 0 Å². The number of hydrogen-bond acceptors (Lipinski definition) is 7. The van der Waals surface area contributed by atoms with Gasteiger partial charge in [-0.1, -0.05) is 13.0 Å². The molecule has 9 nitrogen and oxygen atoms in total. The molecule has 1 N–H and O–H groups in total. The van der Waals surface area contributed by atoms with Gasteiger partial charge in [0.2, 0.25) is 0 Å². The van der Waals surface area contributed by atoms with Gasteiger partial charge in [-0.3, -0.25) is 14.6 Å². The minimum Gasteiger partial charge on any atom is -0.342 e. The Kier molecular flexibility index (Phi) is 4.08. The summed E-state index contributed by atoms with van der Waals surface area (Å²) in [4.78, 5) is 16.3. The number of nitrogens with one attached hydrogen (secondary N) is 1. The number of pyridine rings is 1. The Hall–Kier alpha value is -3.62. The van der Waals surface area contributed by atoms with E-state index in [0.717, 1.165) is 40.7 Å². The highest BCUT2D eigenvalue weighted by molar-refractivity contribution is 5.76. The first-order valence-corrected chi connectivity index (χ1v) is 9.69. The fourth-order valence-corrected chi connectivity index (χ4v) is 3.93. The molecule has 1 atom stereocenters. The Bertz CT molecular complexity index is 1150. The van der Waals surface area contributed by atoms with Crippen molar-refractivity contribution in [3.05, 3.63) is 48.9 Å². The second-order valence-corrected chi connectivity index (χ2v) is 7.26. The summed E-state index contributed by atoms with van der Waals surface area (Å²) in [6, 6.07) is 6.11. The van der Waals surface area contributed by atoms with Crippen molar-refractivity contribution in [2.45, 2.75) is 39.3 Å². The molecule has 0 spiro atoms. The molecule has 5 heterocycles. The van der Waals surface area contributed by atoms with Crippen molar-refractivity contribution in [2.24, 2.45) is 0 Å². The topological polar surface area (TPSA) is 101 Å². The first-order chi connectivity index (χ1) is 14.2. The normalized spacial score (nSPS) is 15.4. The first-order valence-electron chi connectivity index (χ1n) is 9.69. The lowest BCUT2D eigenvalue weighted by molar-refractivity contribution is 0.497. The Labute approximate surface area is 167 Å². The number of H-pyrrole nitrogens is 1. The maximum atomic E-state index is 4.97. The van der Waals surface area contributed by atoms with Crippen molar-refractivity contribution in [1.82, 2.24) is 39.9 Å². The second-order valence-electron chi connectivity index (χ2n) is 7.26. The third kappa shape index (κ3) is 2.69. The van der Waals surface area contributed by atoms with E-state index >= 15 is 0 Å². The number of aromatic amines is 1. The minimum absolute atomic E-state index is 0.104. The molecule has 4 aromatic heterocycles. The monoisotopic (exact) mass is 387 g/mol. The van der Waals surface area contributed by atoms with Crippen LogP contribution in [0.5, 0.6) is 0 Å². The minimum atomic E-state index is 0.104. The number of fused-ring (bicyclic) bond motifs is 3. The zero-order valence-corrected chi connectivity index (χ0v) is 16.5. The Morgan fingerprint density at radius 3 is 2.83 bits per heavy atom. The molecule has 1 unspecified atom stereocenters. The lowest BCUT2D eigenvalue weighted by atomic mass is 10.1. The predicted molar refractivity (Wildman–Crippen MR) is 108 cm³/mol. The number of hydrogen-bond donors (Lipinski definition) is 1. The predicted octanol–water partition coefficient (Wildman–Crippen LogP) is 3.19. The Morgan fingerprint density at radius 2 is 2.07 bits per heavy atom. The Morgan fingerprint density at radius 1 is 1.17 bits per heavy atom. The molecule has 0 saturated carbocycles. The smallest absolute Gasteiger partial charge is 0.165 e. The molecule has 146 valence electrons. The van der Waals surface area contributed by atoms with Crippen LogP contribution in [0.1, 0.15) is 39.1 Å². The average Bonchev–Trinajstić information content (AvgIpc) is 3.42. The standard InChI is InChI=1S/C20H21N9/c1-4-15-20-27-24-11-28(20)16-10-22-18(25-19(16)29(15)12(2)3)13-9-23-26-17(13)14-7-5-6-8-21-14/h5-12,15H,4H2,1-3H3,(H,23,26).